The Labute approximate surface area is 97.9 Å². The first kappa shape index (κ1) is 12.8. The highest BCUT2D eigenvalue weighted by Crippen LogP contribution is 2.22. The first-order chi connectivity index (χ1) is 8.04. The van der Waals surface area contributed by atoms with Gasteiger partial charge in [0.15, 0.2) is 0 Å². The molecule has 0 radical (unpaired) electrons. The Morgan fingerprint density at radius 3 is 2.71 bits per heavy atom. The molecule has 1 aromatic carbocycles. The summed E-state index contributed by atoms with van der Waals surface area (Å²) in [5.41, 5.74) is 5.92. The first-order valence-corrected chi connectivity index (χ1v) is 4.87. The summed E-state index contributed by atoms with van der Waals surface area (Å²) >= 11 is 0. The minimum Gasteiger partial charge on any atom is -0.492 e. The van der Waals surface area contributed by atoms with Crippen LogP contribution in [0, 0.1) is 0 Å². The van der Waals surface area contributed by atoms with E-state index in [-0.39, 0.29) is 24.3 Å². The lowest BCUT2D eigenvalue weighted by atomic mass is 10.2. The van der Waals surface area contributed by atoms with Crippen molar-refractivity contribution in [2.45, 2.75) is 6.42 Å². The number of aromatic carboxylic acids is 1. The number of hydrogen-bond acceptors (Lipinski definition) is 5. The van der Waals surface area contributed by atoms with Gasteiger partial charge in [0.05, 0.1) is 20.1 Å². The number of methoxy groups -OCH3 is 1. The van der Waals surface area contributed by atoms with E-state index in [1.807, 2.05) is 0 Å². The average Bonchev–Trinajstić information content (AvgIpc) is 2.28. The van der Waals surface area contributed by atoms with E-state index in [1.165, 1.54) is 25.3 Å². The number of esters is 1. The molecule has 92 valence electrons. The Morgan fingerprint density at radius 1 is 1.41 bits per heavy atom. The second-order valence-electron chi connectivity index (χ2n) is 3.24. The molecule has 0 aromatic heterocycles. The summed E-state index contributed by atoms with van der Waals surface area (Å²) in [7, 11) is 1.27. The van der Waals surface area contributed by atoms with Crippen LogP contribution < -0.4 is 10.5 Å². The van der Waals surface area contributed by atoms with Gasteiger partial charge in [-0.05, 0) is 12.1 Å². The van der Waals surface area contributed by atoms with E-state index in [1.54, 1.807) is 0 Å². The van der Waals surface area contributed by atoms with Crippen molar-refractivity contribution in [3.8, 4) is 5.75 Å². The van der Waals surface area contributed by atoms with Gasteiger partial charge in [0, 0.05) is 11.8 Å². The van der Waals surface area contributed by atoms with Gasteiger partial charge in [0.1, 0.15) is 11.3 Å². The number of carboxylic acids is 1. The lowest BCUT2D eigenvalue weighted by molar-refractivity contribution is -0.141. The summed E-state index contributed by atoms with van der Waals surface area (Å²) in [6.07, 6.45) is 0.0460. The van der Waals surface area contributed by atoms with Crippen molar-refractivity contribution in [2.24, 2.45) is 0 Å². The first-order valence-electron chi connectivity index (χ1n) is 4.87. The van der Waals surface area contributed by atoms with Crippen molar-refractivity contribution in [2.75, 3.05) is 19.5 Å². The Morgan fingerprint density at radius 2 is 2.12 bits per heavy atom. The highest BCUT2D eigenvalue weighted by Gasteiger charge is 2.12. The molecular formula is C11H13NO5. The zero-order valence-electron chi connectivity index (χ0n) is 9.30. The molecule has 0 atom stereocenters. The zero-order chi connectivity index (χ0) is 12.8. The van der Waals surface area contributed by atoms with E-state index in [4.69, 9.17) is 15.6 Å². The Kier molecular flexibility index (Phi) is 4.33. The van der Waals surface area contributed by atoms with Crippen LogP contribution in [0.2, 0.25) is 0 Å². The fourth-order valence-corrected chi connectivity index (χ4v) is 1.18. The number of nitrogen functional groups attached to an aromatic ring is 1. The largest absolute Gasteiger partial charge is 0.492 e. The van der Waals surface area contributed by atoms with E-state index in [2.05, 4.69) is 4.74 Å². The highest BCUT2D eigenvalue weighted by molar-refractivity contribution is 5.91. The van der Waals surface area contributed by atoms with E-state index in [0.29, 0.717) is 5.69 Å². The van der Waals surface area contributed by atoms with Crippen molar-refractivity contribution in [1.29, 1.82) is 0 Å². The van der Waals surface area contributed by atoms with Gasteiger partial charge in [-0.15, -0.1) is 0 Å². The number of carboxylic acid groups (broad SMARTS) is 1. The third-order valence-electron chi connectivity index (χ3n) is 2.03. The smallest absolute Gasteiger partial charge is 0.339 e. The summed E-state index contributed by atoms with van der Waals surface area (Å²) < 4.78 is 9.62. The molecule has 3 N–H and O–H groups in total. The van der Waals surface area contributed by atoms with Gasteiger partial charge in [-0.2, -0.15) is 0 Å². The van der Waals surface area contributed by atoms with Crippen molar-refractivity contribution < 1.29 is 24.2 Å². The van der Waals surface area contributed by atoms with Crippen LogP contribution in [0.1, 0.15) is 16.8 Å². The summed E-state index contributed by atoms with van der Waals surface area (Å²) in [5, 5.41) is 8.90. The Balaban J connectivity index is 2.72. The van der Waals surface area contributed by atoms with E-state index < -0.39 is 11.9 Å². The fraction of sp³-hybridized carbons (Fsp3) is 0.273. The second kappa shape index (κ2) is 5.74. The molecule has 1 aromatic rings. The molecule has 17 heavy (non-hydrogen) atoms. The molecule has 0 saturated heterocycles. The van der Waals surface area contributed by atoms with Gasteiger partial charge in [-0.25, -0.2) is 4.79 Å². The monoisotopic (exact) mass is 239 g/mol. The molecule has 6 nitrogen and oxygen atoms in total. The number of benzene rings is 1. The van der Waals surface area contributed by atoms with E-state index in [9.17, 15) is 9.59 Å². The van der Waals surface area contributed by atoms with Crippen LogP contribution >= 0.6 is 0 Å². The van der Waals surface area contributed by atoms with Gasteiger partial charge in [-0.3, -0.25) is 4.79 Å². The van der Waals surface area contributed by atoms with Crippen molar-refractivity contribution >= 4 is 17.6 Å². The number of carbonyl (C=O) groups excluding carboxylic acids is 1. The molecule has 0 saturated carbocycles. The maximum absolute atomic E-state index is 10.9. The van der Waals surface area contributed by atoms with E-state index >= 15 is 0 Å². The molecule has 0 fully saturated rings. The number of carbonyl (C=O) groups is 2. The van der Waals surface area contributed by atoms with Crippen LogP contribution in [0.3, 0.4) is 0 Å². The zero-order valence-corrected chi connectivity index (χ0v) is 9.30. The molecule has 6 heteroatoms. The molecule has 0 aliphatic carbocycles. The quantitative estimate of drug-likeness (QED) is 0.585. The fourth-order valence-electron chi connectivity index (χ4n) is 1.18. The SMILES string of the molecule is COC(=O)CCOc1cc(N)ccc1C(=O)O. The normalized spacial score (nSPS) is 9.71. The van der Waals surface area contributed by atoms with Crippen molar-refractivity contribution in [3.05, 3.63) is 23.8 Å². The third-order valence-corrected chi connectivity index (χ3v) is 2.03. The number of ether oxygens (including phenoxy) is 2. The Hall–Kier alpha value is -2.24. The third kappa shape index (κ3) is 3.67. The van der Waals surface area contributed by atoms with Gasteiger partial charge >= 0.3 is 11.9 Å². The molecule has 0 amide bonds. The topological polar surface area (TPSA) is 98.9 Å². The van der Waals surface area contributed by atoms with E-state index in [0.717, 1.165) is 0 Å². The number of rotatable bonds is 5. The average molecular weight is 239 g/mol. The van der Waals surface area contributed by atoms with Crippen LogP contribution in [-0.2, 0) is 9.53 Å². The second-order valence-corrected chi connectivity index (χ2v) is 3.24. The van der Waals surface area contributed by atoms with Crippen LogP contribution in [0.25, 0.3) is 0 Å². The highest BCUT2D eigenvalue weighted by atomic mass is 16.5. The van der Waals surface area contributed by atoms with Crippen molar-refractivity contribution in [1.82, 2.24) is 0 Å². The maximum Gasteiger partial charge on any atom is 0.339 e. The summed E-state index contributed by atoms with van der Waals surface area (Å²) in [5.74, 6) is -1.40. The standard InChI is InChI=1S/C11H13NO5/c1-16-10(13)4-5-17-9-6-7(12)2-3-8(9)11(14)15/h2-3,6H,4-5,12H2,1H3,(H,14,15). The lowest BCUT2D eigenvalue weighted by Gasteiger charge is -2.09. The summed E-state index contributed by atoms with van der Waals surface area (Å²) in [6, 6.07) is 4.22. The molecule has 0 spiro atoms. The van der Waals surface area contributed by atoms with Gasteiger partial charge in [-0.1, -0.05) is 0 Å². The van der Waals surface area contributed by atoms with Crippen LogP contribution in [0.5, 0.6) is 5.75 Å². The van der Waals surface area contributed by atoms with Crippen molar-refractivity contribution in [3.63, 3.8) is 0 Å². The summed E-state index contributed by atoms with van der Waals surface area (Å²) in [6.45, 7) is 0.0381. The van der Waals surface area contributed by atoms with Gasteiger partial charge in [0.2, 0.25) is 0 Å². The maximum atomic E-state index is 10.9. The lowest BCUT2D eigenvalue weighted by Crippen LogP contribution is -2.10. The van der Waals surface area contributed by atoms with Gasteiger partial charge in [0.25, 0.3) is 0 Å². The van der Waals surface area contributed by atoms with Crippen LogP contribution in [0.4, 0.5) is 5.69 Å². The minimum atomic E-state index is -1.11. The van der Waals surface area contributed by atoms with Crippen LogP contribution in [-0.4, -0.2) is 30.8 Å². The minimum absolute atomic E-state index is 0.00376. The number of hydrogen-bond donors (Lipinski definition) is 2. The molecule has 0 bridgehead atoms. The summed E-state index contributed by atoms with van der Waals surface area (Å²) in [4.78, 5) is 21.7. The molecule has 0 aliphatic heterocycles. The molecule has 0 unspecified atom stereocenters. The molecule has 0 heterocycles. The van der Waals surface area contributed by atoms with Crippen LogP contribution in [0.15, 0.2) is 18.2 Å². The molecular weight excluding hydrogens is 226 g/mol. The molecule has 1 rings (SSSR count). The molecule has 0 aliphatic rings. The predicted octanol–water partition coefficient (Wildman–Crippen LogP) is 0.909. The Bertz CT molecular complexity index is 430. The van der Waals surface area contributed by atoms with Gasteiger partial charge < -0.3 is 20.3 Å². The predicted molar refractivity (Wildman–Crippen MR) is 59.9 cm³/mol. The number of nitrogens with two attached hydrogens (primary N) is 1. The number of anilines is 1.